The topological polar surface area (TPSA) is 97.2 Å². The van der Waals surface area contributed by atoms with Crippen LogP contribution in [0.15, 0.2) is 23.6 Å². The summed E-state index contributed by atoms with van der Waals surface area (Å²) >= 11 is 1.37. The predicted octanol–water partition coefficient (Wildman–Crippen LogP) is 3.22. The molecule has 1 heterocycles. The van der Waals surface area contributed by atoms with Crippen molar-refractivity contribution in [2.75, 3.05) is 17.7 Å². The quantitative estimate of drug-likeness (QED) is 0.651. The molecule has 1 amide bonds. The minimum absolute atomic E-state index is 0.132. The number of nitrogens with one attached hydrogen (secondary N) is 2. The Balaban J connectivity index is 1.78. The van der Waals surface area contributed by atoms with Crippen LogP contribution in [-0.2, 0) is 0 Å². The van der Waals surface area contributed by atoms with Crippen molar-refractivity contribution >= 4 is 33.8 Å². The normalized spacial score (nSPS) is 13.7. The van der Waals surface area contributed by atoms with Crippen LogP contribution < -0.4 is 10.6 Å². The van der Waals surface area contributed by atoms with Gasteiger partial charge in [-0.1, -0.05) is 0 Å². The second-order valence-corrected chi connectivity index (χ2v) is 5.90. The number of nitro benzene ring substituents is 1. The van der Waals surface area contributed by atoms with Gasteiger partial charge < -0.3 is 5.32 Å². The first-order valence-electron chi connectivity index (χ1n) is 6.81. The smallest absolute Gasteiger partial charge is 0.293 e. The standard InChI is InChI=1S/C14H14N4O3S/c1-15-10-5-4-9(6-12(10)18(20)21)13(19)17-14-16-11(7-22-14)8-2-3-8/h4-8,15H,2-3H2,1H3,(H,16,17,19). The molecule has 0 aliphatic heterocycles. The van der Waals surface area contributed by atoms with E-state index in [9.17, 15) is 14.9 Å². The summed E-state index contributed by atoms with van der Waals surface area (Å²) in [6.45, 7) is 0. The molecule has 22 heavy (non-hydrogen) atoms. The molecule has 0 saturated heterocycles. The summed E-state index contributed by atoms with van der Waals surface area (Å²) in [5.74, 6) is 0.125. The van der Waals surface area contributed by atoms with Crippen molar-refractivity contribution in [2.45, 2.75) is 18.8 Å². The Morgan fingerprint density at radius 3 is 2.86 bits per heavy atom. The van der Waals surface area contributed by atoms with Gasteiger partial charge in [0.1, 0.15) is 5.69 Å². The van der Waals surface area contributed by atoms with Crippen LogP contribution in [-0.4, -0.2) is 22.9 Å². The molecule has 7 nitrogen and oxygen atoms in total. The van der Waals surface area contributed by atoms with Crippen molar-refractivity contribution in [3.8, 4) is 0 Å². The molecule has 0 unspecified atom stereocenters. The highest BCUT2D eigenvalue weighted by molar-refractivity contribution is 7.14. The van der Waals surface area contributed by atoms with Crippen LogP contribution in [0.1, 0.15) is 34.8 Å². The Morgan fingerprint density at radius 1 is 1.45 bits per heavy atom. The van der Waals surface area contributed by atoms with Crippen LogP contribution in [0.25, 0.3) is 0 Å². The molecule has 0 atom stereocenters. The summed E-state index contributed by atoms with van der Waals surface area (Å²) in [6, 6.07) is 4.32. The van der Waals surface area contributed by atoms with Gasteiger partial charge in [-0.05, 0) is 25.0 Å². The number of hydrogen-bond acceptors (Lipinski definition) is 6. The first-order chi connectivity index (χ1) is 10.6. The second-order valence-electron chi connectivity index (χ2n) is 5.04. The summed E-state index contributed by atoms with van der Waals surface area (Å²) in [7, 11) is 1.59. The first-order valence-corrected chi connectivity index (χ1v) is 7.69. The van der Waals surface area contributed by atoms with E-state index < -0.39 is 10.8 Å². The van der Waals surface area contributed by atoms with Crippen LogP contribution in [0.4, 0.5) is 16.5 Å². The number of amides is 1. The van der Waals surface area contributed by atoms with Gasteiger partial charge in [-0.15, -0.1) is 11.3 Å². The lowest BCUT2D eigenvalue weighted by atomic mass is 10.1. The van der Waals surface area contributed by atoms with Gasteiger partial charge in [0.2, 0.25) is 0 Å². The fourth-order valence-electron chi connectivity index (χ4n) is 2.11. The molecule has 1 aliphatic carbocycles. The Morgan fingerprint density at radius 2 is 2.23 bits per heavy atom. The van der Waals surface area contributed by atoms with Gasteiger partial charge in [0.25, 0.3) is 11.6 Å². The number of anilines is 2. The molecule has 1 fully saturated rings. The Labute approximate surface area is 130 Å². The average molecular weight is 318 g/mol. The number of hydrogen-bond donors (Lipinski definition) is 2. The molecule has 8 heteroatoms. The molecular formula is C14H14N4O3S. The number of carbonyl (C=O) groups excluding carboxylic acids is 1. The van der Waals surface area contributed by atoms with E-state index in [0.717, 1.165) is 18.5 Å². The maximum Gasteiger partial charge on any atom is 0.293 e. The van der Waals surface area contributed by atoms with E-state index in [1.54, 1.807) is 13.1 Å². The molecule has 1 aromatic heterocycles. The van der Waals surface area contributed by atoms with E-state index in [-0.39, 0.29) is 11.3 Å². The maximum atomic E-state index is 12.2. The molecule has 0 bridgehead atoms. The molecule has 3 rings (SSSR count). The molecule has 114 valence electrons. The molecule has 2 aromatic rings. The monoisotopic (exact) mass is 318 g/mol. The minimum atomic E-state index is -0.517. The molecule has 1 aromatic carbocycles. The molecule has 0 radical (unpaired) electrons. The molecule has 0 spiro atoms. The summed E-state index contributed by atoms with van der Waals surface area (Å²) < 4.78 is 0. The van der Waals surface area contributed by atoms with Crippen LogP contribution in [0, 0.1) is 10.1 Å². The third-order valence-electron chi connectivity index (χ3n) is 3.46. The summed E-state index contributed by atoms with van der Waals surface area (Å²) in [5.41, 5.74) is 1.48. The molecule has 1 aliphatic rings. The fourth-order valence-corrected chi connectivity index (χ4v) is 2.90. The number of rotatable bonds is 5. The molecule has 1 saturated carbocycles. The van der Waals surface area contributed by atoms with Crippen molar-refractivity contribution in [3.05, 3.63) is 45.0 Å². The van der Waals surface area contributed by atoms with E-state index in [0.29, 0.717) is 16.7 Å². The van der Waals surface area contributed by atoms with Crippen LogP contribution in [0.3, 0.4) is 0 Å². The van der Waals surface area contributed by atoms with E-state index >= 15 is 0 Å². The lowest BCUT2D eigenvalue weighted by molar-refractivity contribution is -0.384. The first kappa shape index (κ1) is 14.5. The lowest BCUT2D eigenvalue weighted by Gasteiger charge is -2.05. The summed E-state index contributed by atoms with van der Waals surface area (Å²) in [4.78, 5) is 27.1. The highest BCUT2D eigenvalue weighted by Crippen LogP contribution is 2.40. The SMILES string of the molecule is CNc1ccc(C(=O)Nc2nc(C3CC3)cs2)cc1[N+](=O)[O-]. The molecular weight excluding hydrogens is 304 g/mol. The Kier molecular flexibility index (Phi) is 3.76. The van der Waals surface area contributed by atoms with Crippen LogP contribution in [0.2, 0.25) is 0 Å². The van der Waals surface area contributed by atoms with Crippen molar-refractivity contribution in [1.29, 1.82) is 0 Å². The van der Waals surface area contributed by atoms with Crippen molar-refractivity contribution in [1.82, 2.24) is 4.98 Å². The van der Waals surface area contributed by atoms with Gasteiger partial charge in [-0.3, -0.25) is 20.2 Å². The van der Waals surface area contributed by atoms with E-state index in [4.69, 9.17) is 0 Å². The zero-order valence-electron chi connectivity index (χ0n) is 11.8. The average Bonchev–Trinajstić information content (AvgIpc) is 3.26. The minimum Gasteiger partial charge on any atom is -0.383 e. The maximum absolute atomic E-state index is 12.2. The highest BCUT2D eigenvalue weighted by atomic mass is 32.1. The van der Waals surface area contributed by atoms with Gasteiger partial charge in [0.05, 0.1) is 10.6 Å². The number of carbonyl (C=O) groups is 1. The van der Waals surface area contributed by atoms with Gasteiger partial charge in [-0.25, -0.2) is 4.98 Å². The number of thiazole rings is 1. The third-order valence-corrected chi connectivity index (χ3v) is 4.24. The lowest BCUT2D eigenvalue weighted by Crippen LogP contribution is -2.12. The van der Waals surface area contributed by atoms with E-state index in [1.165, 1.54) is 23.5 Å². The number of nitro groups is 1. The summed E-state index contributed by atoms with van der Waals surface area (Å²) in [5, 5.41) is 18.9. The van der Waals surface area contributed by atoms with E-state index in [1.807, 2.05) is 5.38 Å². The third kappa shape index (κ3) is 2.91. The number of aromatic nitrogens is 1. The predicted molar refractivity (Wildman–Crippen MR) is 84.7 cm³/mol. The molecule has 2 N–H and O–H groups in total. The summed E-state index contributed by atoms with van der Waals surface area (Å²) in [6.07, 6.45) is 2.30. The largest absolute Gasteiger partial charge is 0.383 e. The Hall–Kier alpha value is -2.48. The van der Waals surface area contributed by atoms with Gasteiger partial charge in [-0.2, -0.15) is 0 Å². The highest BCUT2D eigenvalue weighted by Gasteiger charge is 2.26. The number of benzene rings is 1. The second kappa shape index (κ2) is 5.72. The van der Waals surface area contributed by atoms with Crippen molar-refractivity contribution < 1.29 is 9.72 Å². The van der Waals surface area contributed by atoms with Crippen LogP contribution >= 0.6 is 11.3 Å². The van der Waals surface area contributed by atoms with Gasteiger partial charge in [0, 0.05) is 30.0 Å². The Bertz CT molecular complexity index is 739. The van der Waals surface area contributed by atoms with E-state index in [2.05, 4.69) is 15.6 Å². The van der Waals surface area contributed by atoms with Gasteiger partial charge in [0.15, 0.2) is 5.13 Å². The zero-order valence-corrected chi connectivity index (χ0v) is 12.6. The van der Waals surface area contributed by atoms with Gasteiger partial charge >= 0.3 is 0 Å². The van der Waals surface area contributed by atoms with Crippen molar-refractivity contribution in [2.24, 2.45) is 0 Å². The number of nitrogens with zero attached hydrogens (tertiary/aromatic N) is 2. The zero-order chi connectivity index (χ0) is 15.7. The fraction of sp³-hybridized carbons (Fsp3) is 0.286. The van der Waals surface area contributed by atoms with Crippen LogP contribution in [0.5, 0.6) is 0 Å². The van der Waals surface area contributed by atoms with Crippen molar-refractivity contribution in [3.63, 3.8) is 0 Å².